The van der Waals surface area contributed by atoms with Crippen molar-refractivity contribution in [2.45, 2.75) is 32.0 Å². The van der Waals surface area contributed by atoms with E-state index in [1.807, 2.05) is 18.2 Å². The van der Waals surface area contributed by atoms with Crippen LogP contribution in [-0.4, -0.2) is 44.5 Å². The standard InChI is InChI=1S/C15H20BNO6/c1-2-3-7-20-9-11-10-21-13-6-4-5-12-14(8-17(18)19)23-16(22-11)15(12)13/h4-6,11,14H,2-3,7-10H2,1H3/t11-,14?/m0/s1. The van der Waals surface area contributed by atoms with E-state index in [9.17, 15) is 10.1 Å². The number of unbranched alkanes of at least 4 members (excludes halogenated alkanes) is 1. The van der Waals surface area contributed by atoms with Gasteiger partial charge in [-0.3, -0.25) is 10.1 Å². The van der Waals surface area contributed by atoms with Gasteiger partial charge in [0, 0.05) is 17.0 Å². The molecule has 124 valence electrons. The maximum atomic E-state index is 10.8. The molecule has 1 aromatic carbocycles. The highest BCUT2D eigenvalue weighted by atomic mass is 16.6. The molecule has 0 saturated carbocycles. The third kappa shape index (κ3) is 3.65. The first-order valence-corrected chi connectivity index (χ1v) is 7.95. The third-order valence-corrected chi connectivity index (χ3v) is 3.97. The fourth-order valence-electron chi connectivity index (χ4n) is 2.83. The van der Waals surface area contributed by atoms with Crippen LogP contribution in [0.5, 0.6) is 5.75 Å². The van der Waals surface area contributed by atoms with Gasteiger partial charge >= 0.3 is 7.12 Å². The van der Waals surface area contributed by atoms with Gasteiger partial charge in [0.2, 0.25) is 6.54 Å². The zero-order valence-electron chi connectivity index (χ0n) is 13.1. The van der Waals surface area contributed by atoms with Gasteiger partial charge in [0.1, 0.15) is 24.6 Å². The molecule has 0 N–H and O–H groups in total. The minimum absolute atomic E-state index is 0.258. The first-order valence-electron chi connectivity index (χ1n) is 7.95. The summed E-state index contributed by atoms with van der Waals surface area (Å²) in [4.78, 5) is 10.5. The van der Waals surface area contributed by atoms with Gasteiger partial charge in [0.15, 0.2) is 0 Å². The van der Waals surface area contributed by atoms with Crippen molar-refractivity contribution in [1.29, 1.82) is 0 Å². The molecule has 0 bridgehead atoms. The molecule has 3 rings (SSSR count). The maximum Gasteiger partial charge on any atom is 0.499 e. The lowest BCUT2D eigenvalue weighted by Crippen LogP contribution is -2.37. The number of benzene rings is 1. The Morgan fingerprint density at radius 2 is 2.30 bits per heavy atom. The van der Waals surface area contributed by atoms with Gasteiger partial charge in [0.25, 0.3) is 0 Å². The monoisotopic (exact) mass is 321 g/mol. The highest BCUT2D eigenvalue weighted by molar-refractivity contribution is 6.64. The van der Waals surface area contributed by atoms with Crippen LogP contribution in [0.3, 0.4) is 0 Å². The Morgan fingerprint density at radius 3 is 3.09 bits per heavy atom. The minimum Gasteiger partial charge on any atom is -0.491 e. The van der Waals surface area contributed by atoms with Crippen molar-refractivity contribution in [3.8, 4) is 5.75 Å². The van der Waals surface area contributed by atoms with E-state index in [-0.39, 0.29) is 17.6 Å². The second-order valence-electron chi connectivity index (χ2n) is 5.73. The molecule has 0 fully saturated rings. The summed E-state index contributed by atoms with van der Waals surface area (Å²) in [5.74, 6) is 0.675. The molecule has 0 spiro atoms. The topological polar surface area (TPSA) is 80.1 Å². The Hall–Kier alpha value is -1.64. The van der Waals surface area contributed by atoms with Crippen LogP contribution >= 0.6 is 0 Å². The highest BCUT2D eigenvalue weighted by Crippen LogP contribution is 2.31. The lowest BCUT2D eigenvalue weighted by atomic mass is 9.77. The third-order valence-electron chi connectivity index (χ3n) is 3.97. The summed E-state index contributed by atoms with van der Waals surface area (Å²) in [6.45, 7) is 3.30. The predicted molar refractivity (Wildman–Crippen MR) is 83.6 cm³/mol. The van der Waals surface area contributed by atoms with Crippen molar-refractivity contribution in [2.24, 2.45) is 0 Å². The summed E-state index contributed by atoms with van der Waals surface area (Å²) >= 11 is 0. The SMILES string of the molecule is CCCCOC[C@H]1COc2cccc3c2B(OC3C[N+](=O)[O-])O1. The van der Waals surface area contributed by atoms with E-state index in [2.05, 4.69) is 6.92 Å². The van der Waals surface area contributed by atoms with Crippen LogP contribution < -0.4 is 10.2 Å². The Kier molecular flexibility index (Phi) is 5.14. The van der Waals surface area contributed by atoms with Crippen LogP contribution in [0, 0.1) is 10.1 Å². The molecule has 0 aromatic heterocycles. The predicted octanol–water partition coefficient (Wildman–Crippen LogP) is 1.32. The molecule has 8 heteroatoms. The van der Waals surface area contributed by atoms with E-state index >= 15 is 0 Å². The van der Waals surface area contributed by atoms with Crippen LogP contribution in [0.4, 0.5) is 0 Å². The summed E-state index contributed by atoms with van der Waals surface area (Å²) < 4.78 is 23.1. The van der Waals surface area contributed by atoms with Gasteiger partial charge in [-0.25, -0.2) is 0 Å². The number of nitro groups is 1. The van der Waals surface area contributed by atoms with E-state index in [0.29, 0.717) is 25.6 Å². The molecular weight excluding hydrogens is 301 g/mol. The second-order valence-corrected chi connectivity index (χ2v) is 5.73. The molecule has 0 amide bonds. The molecule has 23 heavy (non-hydrogen) atoms. The largest absolute Gasteiger partial charge is 0.499 e. The molecule has 0 radical (unpaired) electrons. The van der Waals surface area contributed by atoms with E-state index in [1.165, 1.54) is 0 Å². The lowest BCUT2D eigenvalue weighted by Gasteiger charge is -2.18. The van der Waals surface area contributed by atoms with Gasteiger partial charge in [-0.2, -0.15) is 0 Å². The van der Waals surface area contributed by atoms with Crippen LogP contribution in [0.25, 0.3) is 0 Å². The average molecular weight is 321 g/mol. The quantitative estimate of drug-likeness (QED) is 0.326. The van der Waals surface area contributed by atoms with Gasteiger partial charge in [-0.05, 0) is 18.1 Å². The van der Waals surface area contributed by atoms with Gasteiger partial charge in [0.05, 0.1) is 6.61 Å². The molecule has 2 heterocycles. The van der Waals surface area contributed by atoms with E-state index in [1.54, 1.807) is 0 Å². The molecule has 2 aliphatic heterocycles. The number of hydrogen-bond donors (Lipinski definition) is 0. The van der Waals surface area contributed by atoms with Gasteiger partial charge in [-0.1, -0.05) is 25.5 Å². The Bertz CT molecular complexity index is 569. The van der Waals surface area contributed by atoms with Crippen LogP contribution in [-0.2, 0) is 14.0 Å². The van der Waals surface area contributed by atoms with Crippen molar-refractivity contribution < 1.29 is 23.7 Å². The van der Waals surface area contributed by atoms with Crippen molar-refractivity contribution in [3.63, 3.8) is 0 Å². The zero-order chi connectivity index (χ0) is 16.2. The fraction of sp³-hybridized carbons (Fsp3) is 0.600. The Labute approximate surface area is 135 Å². The summed E-state index contributed by atoms with van der Waals surface area (Å²) in [7, 11) is -0.631. The number of rotatable bonds is 7. The Morgan fingerprint density at radius 1 is 1.43 bits per heavy atom. The van der Waals surface area contributed by atoms with Crippen molar-refractivity contribution >= 4 is 12.6 Å². The molecule has 2 aliphatic rings. The number of hydrogen-bond acceptors (Lipinski definition) is 6. The second kappa shape index (κ2) is 7.29. The summed E-state index contributed by atoms with van der Waals surface area (Å²) in [5, 5.41) is 10.8. The zero-order valence-corrected chi connectivity index (χ0v) is 13.1. The van der Waals surface area contributed by atoms with Crippen molar-refractivity contribution in [2.75, 3.05) is 26.4 Å². The fourth-order valence-corrected chi connectivity index (χ4v) is 2.83. The van der Waals surface area contributed by atoms with E-state index in [0.717, 1.165) is 23.9 Å². The summed E-state index contributed by atoms with van der Waals surface area (Å²) in [6.07, 6.45) is 1.22. The first kappa shape index (κ1) is 16.2. The molecule has 2 atom stereocenters. The molecule has 0 aliphatic carbocycles. The molecule has 0 saturated heterocycles. The van der Waals surface area contributed by atoms with E-state index in [4.69, 9.17) is 18.8 Å². The van der Waals surface area contributed by atoms with Crippen molar-refractivity contribution in [3.05, 3.63) is 33.9 Å². The number of nitrogens with zero attached hydrogens (tertiary/aromatic N) is 1. The molecule has 7 nitrogen and oxygen atoms in total. The normalized spacial score (nSPS) is 22.4. The number of ether oxygens (including phenoxy) is 2. The summed E-state index contributed by atoms with van der Waals surface area (Å²) in [5.41, 5.74) is 1.55. The minimum atomic E-state index is -0.631. The molecular formula is C15H20BNO6. The van der Waals surface area contributed by atoms with Crippen LogP contribution in [0.1, 0.15) is 31.4 Å². The molecule has 1 aromatic rings. The summed E-state index contributed by atoms with van der Waals surface area (Å²) in [6, 6.07) is 5.50. The van der Waals surface area contributed by atoms with Crippen LogP contribution in [0.15, 0.2) is 18.2 Å². The Balaban J connectivity index is 1.71. The highest BCUT2D eigenvalue weighted by Gasteiger charge is 2.45. The van der Waals surface area contributed by atoms with Crippen LogP contribution in [0.2, 0.25) is 0 Å². The average Bonchev–Trinajstić information content (AvgIpc) is 2.75. The van der Waals surface area contributed by atoms with E-state index < -0.39 is 13.2 Å². The first-order chi connectivity index (χ1) is 11.2. The maximum absolute atomic E-state index is 10.8. The molecule has 1 unspecified atom stereocenters. The van der Waals surface area contributed by atoms with Gasteiger partial charge < -0.3 is 18.8 Å². The smallest absolute Gasteiger partial charge is 0.491 e. The lowest BCUT2D eigenvalue weighted by molar-refractivity contribution is -0.490. The van der Waals surface area contributed by atoms with Gasteiger partial charge in [-0.15, -0.1) is 0 Å². The van der Waals surface area contributed by atoms with Crippen molar-refractivity contribution in [1.82, 2.24) is 0 Å².